The van der Waals surface area contributed by atoms with E-state index in [1.165, 1.54) is 0 Å². The molecule has 0 heterocycles. The molecule has 0 radical (unpaired) electrons. The summed E-state index contributed by atoms with van der Waals surface area (Å²) in [5, 5.41) is 0.215. The van der Waals surface area contributed by atoms with E-state index in [2.05, 4.69) is 0 Å². The number of ether oxygens (including phenoxy) is 1. The van der Waals surface area contributed by atoms with Crippen LogP contribution in [0.1, 0.15) is 31.2 Å². The first kappa shape index (κ1) is 13.6. The molecule has 1 aromatic carbocycles. The van der Waals surface area contributed by atoms with Crippen molar-refractivity contribution < 1.29 is 8.95 Å². The number of rotatable bonds is 3. The van der Waals surface area contributed by atoms with Crippen molar-refractivity contribution in [3.8, 4) is 0 Å². The van der Waals surface area contributed by atoms with Crippen molar-refractivity contribution in [2.45, 2.75) is 48.9 Å². The average Bonchev–Trinajstić information content (AvgIpc) is 2.41. The van der Waals surface area contributed by atoms with Crippen molar-refractivity contribution in [3.05, 3.63) is 23.8 Å². The molecule has 0 amide bonds. The fourth-order valence-electron chi connectivity index (χ4n) is 2.48. The Hall–Kier alpha value is -0.870. The molecule has 4 heteroatoms. The number of hydrogen-bond acceptors (Lipinski definition) is 3. The van der Waals surface area contributed by atoms with Crippen LogP contribution in [-0.2, 0) is 15.5 Å². The first-order chi connectivity index (χ1) is 8.61. The Morgan fingerprint density at radius 1 is 1.39 bits per heavy atom. The normalized spacial score (nSPS) is 25.9. The molecule has 1 saturated carbocycles. The van der Waals surface area contributed by atoms with Crippen LogP contribution in [0.25, 0.3) is 0 Å². The van der Waals surface area contributed by atoms with Gasteiger partial charge in [-0.05, 0) is 56.4 Å². The maximum Gasteiger partial charge on any atom is 0.0583 e. The lowest BCUT2D eigenvalue weighted by Crippen LogP contribution is -2.28. The number of nitrogen functional groups attached to an aromatic ring is 1. The van der Waals surface area contributed by atoms with Crippen LogP contribution in [0, 0.1) is 6.92 Å². The standard InChI is InChI=1S/C14H21NO2S/c1-10-8-13(6-7-14(10)15)18(16)12-5-3-4-11(9-12)17-2/h6-8,11-12H,3-5,9,15H2,1-2H3. The van der Waals surface area contributed by atoms with Gasteiger partial charge < -0.3 is 10.5 Å². The van der Waals surface area contributed by atoms with Crippen LogP contribution in [0.5, 0.6) is 0 Å². The second-order valence-corrected chi connectivity index (χ2v) is 6.70. The topological polar surface area (TPSA) is 52.3 Å². The third-order valence-electron chi connectivity index (χ3n) is 3.69. The largest absolute Gasteiger partial charge is 0.399 e. The highest BCUT2D eigenvalue weighted by molar-refractivity contribution is 7.85. The smallest absolute Gasteiger partial charge is 0.0583 e. The Balaban J connectivity index is 2.12. The number of aryl methyl sites for hydroxylation is 1. The average molecular weight is 267 g/mol. The fourth-order valence-corrected chi connectivity index (χ4v) is 4.13. The van der Waals surface area contributed by atoms with E-state index in [0.29, 0.717) is 0 Å². The molecule has 3 nitrogen and oxygen atoms in total. The Morgan fingerprint density at radius 3 is 2.83 bits per heavy atom. The summed E-state index contributed by atoms with van der Waals surface area (Å²) in [6.07, 6.45) is 4.37. The fraction of sp³-hybridized carbons (Fsp3) is 0.571. The summed E-state index contributed by atoms with van der Waals surface area (Å²) in [5.41, 5.74) is 7.55. The third kappa shape index (κ3) is 2.93. The summed E-state index contributed by atoms with van der Waals surface area (Å²) in [4.78, 5) is 0.892. The zero-order valence-electron chi connectivity index (χ0n) is 11.0. The third-order valence-corrected chi connectivity index (χ3v) is 5.44. The van der Waals surface area contributed by atoms with E-state index in [4.69, 9.17) is 10.5 Å². The van der Waals surface area contributed by atoms with Gasteiger partial charge in [0, 0.05) is 22.9 Å². The van der Waals surface area contributed by atoms with Gasteiger partial charge in [0.05, 0.1) is 16.9 Å². The molecule has 0 bridgehead atoms. The van der Waals surface area contributed by atoms with Gasteiger partial charge in [-0.3, -0.25) is 4.21 Å². The molecule has 0 aromatic heterocycles. The van der Waals surface area contributed by atoms with Gasteiger partial charge >= 0.3 is 0 Å². The molecule has 1 aromatic rings. The second kappa shape index (κ2) is 5.85. The van der Waals surface area contributed by atoms with Crippen LogP contribution in [0.15, 0.2) is 23.1 Å². The number of hydrogen-bond donors (Lipinski definition) is 1. The minimum absolute atomic E-state index is 0.215. The highest BCUT2D eigenvalue weighted by atomic mass is 32.2. The van der Waals surface area contributed by atoms with Gasteiger partial charge in [0.15, 0.2) is 0 Å². The molecule has 100 valence electrons. The maximum absolute atomic E-state index is 12.5. The Kier molecular flexibility index (Phi) is 4.40. The molecule has 2 rings (SSSR count). The number of anilines is 1. The number of methoxy groups -OCH3 is 1. The highest BCUT2D eigenvalue weighted by Crippen LogP contribution is 2.28. The van der Waals surface area contributed by atoms with Gasteiger partial charge in [-0.15, -0.1) is 0 Å². The summed E-state index contributed by atoms with van der Waals surface area (Å²) < 4.78 is 17.9. The molecular formula is C14H21NO2S. The molecule has 2 N–H and O–H groups in total. The van der Waals surface area contributed by atoms with E-state index in [-0.39, 0.29) is 11.4 Å². The lowest BCUT2D eigenvalue weighted by atomic mass is 9.97. The van der Waals surface area contributed by atoms with Gasteiger partial charge in [0.1, 0.15) is 0 Å². The predicted octanol–water partition coefficient (Wildman–Crippen LogP) is 2.64. The summed E-state index contributed by atoms with van der Waals surface area (Å²) in [6.45, 7) is 1.95. The minimum Gasteiger partial charge on any atom is -0.399 e. The van der Waals surface area contributed by atoms with Crippen molar-refractivity contribution in [2.24, 2.45) is 0 Å². The van der Waals surface area contributed by atoms with Crippen molar-refractivity contribution in [2.75, 3.05) is 12.8 Å². The quantitative estimate of drug-likeness (QED) is 0.857. The zero-order chi connectivity index (χ0) is 13.1. The van der Waals surface area contributed by atoms with Gasteiger partial charge in [-0.25, -0.2) is 0 Å². The van der Waals surface area contributed by atoms with Gasteiger partial charge in [-0.2, -0.15) is 0 Å². The second-order valence-electron chi connectivity index (χ2n) is 4.96. The van der Waals surface area contributed by atoms with Crippen molar-refractivity contribution >= 4 is 16.5 Å². The van der Waals surface area contributed by atoms with Gasteiger partial charge in [-0.1, -0.05) is 0 Å². The van der Waals surface area contributed by atoms with Crippen LogP contribution < -0.4 is 5.73 Å². The molecule has 3 atom stereocenters. The highest BCUT2D eigenvalue weighted by Gasteiger charge is 2.27. The SMILES string of the molecule is COC1CCCC(S(=O)c2ccc(N)c(C)c2)C1. The summed E-state index contributed by atoms with van der Waals surface area (Å²) in [7, 11) is 0.793. The van der Waals surface area contributed by atoms with E-state index in [9.17, 15) is 4.21 Å². The molecular weight excluding hydrogens is 246 g/mol. The molecule has 1 aliphatic carbocycles. The van der Waals surface area contributed by atoms with E-state index < -0.39 is 10.8 Å². The van der Waals surface area contributed by atoms with Crippen molar-refractivity contribution in [3.63, 3.8) is 0 Å². The van der Waals surface area contributed by atoms with Gasteiger partial charge in [0.2, 0.25) is 0 Å². The van der Waals surface area contributed by atoms with Crippen molar-refractivity contribution in [1.82, 2.24) is 0 Å². The van der Waals surface area contributed by atoms with Gasteiger partial charge in [0.25, 0.3) is 0 Å². The van der Waals surface area contributed by atoms with E-state index in [1.807, 2.05) is 25.1 Å². The van der Waals surface area contributed by atoms with Crippen LogP contribution in [0.2, 0.25) is 0 Å². The molecule has 0 spiro atoms. The number of benzene rings is 1. The van der Waals surface area contributed by atoms with Crippen LogP contribution >= 0.6 is 0 Å². The summed E-state index contributed by atoms with van der Waals surface area (Å²) in [5.74, 6) is 0. The van der Waals surface area contributed by atoms with E-state index >= 15 is 0 Å². The number of nitrogens with two attached hydrogens (primary N) is 1. The predicted molar refractivity (Wildman–Crippen MR) is 75.1 cm³/mol. The van der Waals surface area contributed by atoms with Crippen LogP contribution in [0.3, 0.4) is 0 Å². The van der Waals surface area contributed by atoms with Crippen LogP contribution in [0.4, 0.5) is 5.69 Å². The maximum atomic E-state index is 12.5. The monoisotopic (exact) mass is 267 g/mol. The Labute approximate surface area is 111 Å². The van der Waals surface area contributed by atoms with E-state index in [1.54, 1.807) is 7.11 Å². The summed E-state index contributed by atoms with van der Waals surface area (Å²) in [6, 6.07) is 5.68. The molecule has 1 aliphatic rings. The van der Waals surface area contributed by atoms with Crippen molar-refractivity contribution in [1.29, 1.82) is 0 Å². The molecule has 0 aliphatic heterocycles. The first-order valence-electron chi connectivity index (χ1n) is 6.41. The molecule has 3 unspecified atom stereocenters. The van der Waals surface area contributed by atoms with Crippen LogP contribution in [-0.4, -0.2) is 22.7 Å². The minimum atomic E-state index is -0.946. The molecule has 0 saturated heterocycles. The molecule has 1 fully saturated rings. The summed E-state index contributed by atoms with van der Waals surface area (Å²) >= 11 is 0. The lowest BCUT2D eigenvalue weighted by molar-refractivity contribution is 0.0725. The zero-order valence-corrected chi connectivity index (χ0v) is 11.8. The Bertz CT molecular complexity index is 447. The van der Waals surface area contributed by atoms with E-state index in [0.717, 1.165) is 41.8 Å². The Morgan fingerprint density at radius 2 is 2.17 bits per heavy atom. The lowest BCUT2D eigenvalue weighted by Gasteiger charge is -2.27. The molecule has 18 heavy (non-hydrogen) atoms. The first-order valence-corrected chi connectivity index (χ1v) is 7.62.